The minimum atomic E-state index is -1.61. The number of hydrogen-bond donors (Lipinski definition) is 2. The lowest BCUT2D eigenvalue weighted by atomic mass is 9.86. The Morgan fingerprint density at radius 1 is 1.03 bits per heavy atom. The van der Waals surface area contributed by atoms with Crippen molar-refractivity contribution in [2.75, 3.05) is 39.4 Å². The highest BCUT2D eigenvalue weighted by Gasteiger charge is 2.51. The van der Waals surface area contributed by atoms with E-state index < -0.39 is 17.5 Å². The third kappa shape index (κ3) is 6.78. The molecule has 0 aromatic heterocycles. The minimum absolute atomic E-state index is 0.0125. The van der Waals surface area contributed by atoms with Crippen molar-refractivity contribution in [1.82, 2.24) is 15.5 Å². The molecule has 9 heteroatoms. The molecule has 1 atom stereocenters. The summed E-state index contributed by atoms with van der Waals surface area (Å²) in [4.78, 5) is 41.5. The minimum Gasteiger partial charge on any atom is -0.466 e. The number of ether oxygens (including phenoxy) is 3. The molecule has 9 nitrogen and oxygen atoms in total. The largest absolute Gasteiger partial charge is 0.466 e. The lowest BCUT2D eigenvalue weighted by Gasteiger charge is -2.46. The molecule has 1 amide bonds. The summed E-state index contributed by atoms with van der Waals surface area (Å²) in [6.45, 7) is 4.26. The van der Waals surface area contributed by atoms with Gasteiger partial charge in [0.1, 0.15) is 13.2 Å². The topological polar surface area (TPSA) is 106 Å². The number of piperidine rings is 1. The van der Waals surface area contributed by atoms with E-state index in [1.54, 1.807) is 6.92 Å². The van der Waals surface area contributed by atoms with E-state index in [-0.39, 0.29) is 44.9 Å². The van der Waals surface area contributed by atoms with Crippen LogP contribution in [-0.2, 0) is 47.3 Å². The van der Waals surface area contributed by atoms with E-state index in [9.17, 15) is 14.4 Å². The molecule has 2 aromatic carbocycles. The lowest BCUT2D eigenvalue weighted by molar-refractivity contribution is -0.169. The van der Waals surface area contributed by atoms with E-state index in [1.807, 2.05) is 59.5 Å². The van der Waals surface area contributed by atoms with Gasteiger partial charge in [-0.05, 0) is 50.4 Å². The highest BCUT2D eigenvalue weighted by atomic mass is 16.5. The first-order chi connectivity index (χ1) is 18.5. The Bertz CT molecular complexity index is 1090. The Morgan fingerprint density at radius 3 is 2.53 bits per heavy atom. The summed E-state index contributed by atoms with van der Waals surface area (Å²) in [6.07, 6.45) is 2.37. The number of rotatable bonds is 11. The predicted molar refractivity (Wildman–Crippen MR) is 141 cm³/mol. The van der Waals surface area contributed by atoms with Crippen molar-refractivity contribution < 1.29 is 28.6 Å². The van der Waals surface area contributed by atoms with Crippen molar-refractivity contribution in [3.05, 3.63) is 71.3 Å². The van der Waals surface area contributed by atoms with Crippen LogP contribution in [-0.4, -0.2) is 68.2 Å². The summed E-state index contributed by atoms with van der Waals surface area (Å²) in [7, 11) is 0. The average molecular weight is 524 g/mol. The summed E-state index contributed by atoms with van der Waals surface area (Å²) in [5, 5.41) is 6.27. The van der Waals surface area contributed by atoms with Crippen LogP contribution in [0.25, 0.3) is 0 Å². The van der Waals surface area contributed by atoms with Crippen LogP contribution in [0.1, 0.15) is 42.9 Å². The highest BCUT2D eigenvalue weighted by Crippen LogP contribution is 2.35. The standard InChI is InChI=1S/C29H37N3O6/c1-2-36-27(34)15-19-32-18-14-23-10-6-7-11-25(23)29(32,28(35)38-20-22-8-4-3-5-9-22)31-26(33)21-37-24-12-16-30-17-13-24/h3-11,24,30H,2,12-21H2,1H3,(H,31,33). The van der Waals surface area contributed by atoms with Gasteiger partial charge in [0.2, 0.25) is 11.6 Å². The Hall–Kier alpha value is -3.27. The summed E-state index contributed by atoms with van der Waals surface area (Å²) in [5.74, 6) is -1.39. The molecular formula is C29H37N3O6. The van der Waals surface area contributed by atoms with Crippen LogP contribution in [0.2, 0.25) is 0 Å². The Balaban J connectivity index is 1.62. The molecule has 2 N–H and O–H groups in total. The van der Waals surface area contributed by atoms with E-state index in [1.165, 1.54) is 0 Å². The smallest absolute Gasteiger partial charge is 0.352 e. The monoisotopic (exact) mass is 523 g/mol. The normalized spacial score (nSPS) is 19.8. The van der Waals surface area contributed by atoms with Gasteiger partial charge < -0.3 is 24.8 Å². The molecule has 4 rings (SSSR count). The van der Waals surface area contributed by atoms with Gasteiger partial charge in [-0.1, -0.05) is 54.6 Å². The quantitative estimate of drug-likeness (QED) is 0.432. The average Bonchev–Trinajstić information content (AvgIpc) is 2.95. The van der Waals surface area contributed by atoms with Crippen LogP contribution in [0.5, 0.6) is 0 Å². The first-order valence-corrected chi connectivity index (χ1v) is 13.4. The number of nitrogens with one attached hydrogen (secondary N) is 2. The molecule has 1 fully saturated rings. The second kappa shape index (κ2) is 13.5. The molecule has 2 aromatic rings. The van der Waals surface area contributed by atoms with Crippen molar-refractivity contribution in [2.45, 2.75) is 51.0 Å². The van der Waals surface area contributed by atoms with Crippen LogP contribution in [0.3, 0.4) is 0 Å². The molecule has 0 radical (unpaired) electrons. The number of carbonyl (C=O) groups excluding carboxylic acids is 3. The molecule has 204 valence electrons. The fraction of sp³-hybridized carbons (Fsp3) is 0.483. The van der Waals surface area contributed by atoms with E-state index in [0.29, 0.717) is 18.5 Å². The zero-order chi connectivity index (χ0) is 26.8. The van der Waals surface area contributed by atoms with Crippen molar-refractivity contribution in [3.63, 3.8) is 0 Å². The van der Waals surface area contributed by atoms with Gasteiger partial charge in [-0.3, -0.25) is 14.5 Å². The van der Waals surface area contributed by atoms with Gasteiger partial charge in [0, 0.05) is 18.7 Å². The van der Waals surface area contributed by atoms with Gasteiger partial charge >= 0.3 is 11.9 Å². The molecule has 0 aliphatic carbocycles. The third-order valence-corrected chi connectivity index (χ3v) is 6.99. The lowest BCUT2D eigenvalue weighted by Crippen LogP contribution is -2.66. The SMILES string of the molecule is CCOC(=O)CCN1CCc2ccccc2C1(NC(=O)COC1CCNCC1)C(=O)OCc1ccccc1. The molecule has 2 aliphatic heterocycles. The van der Waals surface area contributed by atoms with Gasteiger partial charge in [0.15, 0.2) is 0 Å². The molecule has 38 heavy (non-hydrogen) atoms. The van der Waals surface area contributed by atoms with Gasteiger partial charge in [0.05, 0.1) is 19.1 Å². The third-order valence-electron chi connectivity index (χ3n) is 6.99. The molecule has 1 unspecified atom stereocenters. The van der Waals surface area contributed by atoms with E-state index in [2.05, 4.69) is 10.6 Å². The van der Waals surface area contributed by atoms with Crippen molar-refractivity contribution in [1.29, 1.82) is 0 Å². The maximum atomic E-state index is 14.0. The maximum absolute atomic E-state index is 14.0. The number of amides is 1. The van der Waals surface area contributed by atoms with Crippen molar-refractivity contribution in [3.8, 4) is 0 Å². The van der Waals surface area contributed by atoms with E-state index in [0.717, 1.165) is 37.1 Å². The molecule has 2 heterocycles. The summed E-state index contributed by atoms with van der Waals surface area (Å²) >= 11 is 0. The maximum Gasteiger partial charge on any atom is 0.352 e. The number of nitrogens with zero attached hydrogens (tertiary/aromatic N) is 1. The molecule has 0 saturated carbocycles. The van der Waals surface area contributed by atoms with E-state index >= 15 is 0 Å². The molecule has 0 spiro atoms. The molecular weight excluding hydrogens is 486 g/mol. The number of fused-ring (bicyclic) bond motifs is 1. The van der Waals surface area contributed by atoms with E-state index in [4.69, 9.17) is 14.2 Å². The van der Waals surface area contributed by atoms with Crippen molar-refractivity contribution >= 4 is 17.8 Å². The number of esters is 2. The fourth-order valence-corrected chi connectivity index (χ4v) is 5.08. The van der Waals surface area contributed by atoms with Crippen LogP contribution < -0.4 is 10.6 Å². The Kier molecular flexibility index (Phi) is 9.86. The van der Waals surface area contributed by atoms with Crippen LogP contribution >= 0.6 is 0 Å². The van der Waals surface area contributed by atoms with Crippen LogP contribution in [0, 0.1) is 0 Å². The molecule has 1 saturated heterocycles. The van der Waals surface area contributed by atoms with Gasteiger partial charge in [-0.25, -0.2) is 4.79 Å². The zero-order valence-electron chi connectivity index (χ0n) is 21.9. The van der Waals surface area contributed by atoms with Crippen LogP contribution in [0.4, 0.5) is 0 Å². The second-order valence-corrected chi connectivity index (χ2v) is 9.53. The zero-order valence-corrected chi connectivity index (χ0v) is 21.9. The first-order valence-electron chi connectivity index (χ1n) is 13.4. The number of hydrogen-bond acceptors (Lipinski definition) is 8. The van der Waals surface area contributed by atoms with Crippen molar-refractivity contribution in [2.24, 2.45) is 0 Å². The highest BCUT2D eigenvalue weighted by molar-refractivity contribution is 5.90. The number of benzene rings is 2. The summed E-state index contributed by atoms with van der Waals surface area (Å²) < 4.78 is 16.9. The van der Waals surface area contributed by atoms with Gasteiger partial charge in [-0.2, -0.15) is 0 Å². The summed E-state index contributed by atoms with van der Waals surface area (Å²) in [5.41, 5.74) is 0.809. The molecule has 0 bridgehead atoms. The van der Waals surface area contributed by atoms with Gasteiger partial charge in [-0.15, -0.1) is 0 Å². The Morgan fingerprint density at radius 2 is 1.76 bits per heavy atom. The molecule has 2 aliphatic rings. The van der Waals surface area contributed by atoms with Crippen LogP contribution in [0.15, 0.2) is 54.6 Å². The van der Waals surface area contributed by atoms with Gasteiger partial charge in [0.25, 0.3) is 0 Å². The predicted octanol–water partition coefficient (Wildman–Crippen LogP) is 2.28. The fourth-order valence-electron chi connectivity index (χ4n) is 5.08. The number of carbonyl (C=O) groups is 3. The second-order valence-electron chi connectivity index (χ2n) is 9.53. The summed E-state index contributed by atoms with van der Waals surface area (Å²) in [6, 6.07) is 16.9. The first kappa shape index (κ1) is 27.8. The Labute approximate surface area is 223 Å².